The van der Waals surface area contributed by atoms with Gasteiger partial charge in [-0.15, -0.1) is 0 Å². The van der Waals surface area contributed by atoms with E-state index in [0.717, 1.165) is 12.8 Å². The summed E-state index contributed by atoms with van der Waals surface area (Å²) in [7, 11) is -3.49. The Hall–Kier alpha value is -0.850. The summed E-state index contributed by atoms with van der Waals surface area (Å²) in [6, 6.07) is 1.34. The third-order valence-electron chi connectivity index (χ3n) is 3.01. The molecule has 0 bridgehead atoms. The standard InChI is InChI=1S/C12H22N2O3S/c1-4-9(2)5-10(3)14-18(16,17)12-6-11(8-15)13-7-12/h6-7,9-10,13-15H,4-5,8H2,1-3H3. The second kappa shape index (κ2) is 6.36. The van der Waals surface area contributed by atoms with Gasteiger partial charge >= 0.3 is 0 Å². The molecule has 1 aromatic rings. The van der Waals surface area contributed by atoms with E-state index in [2.05, 4.69) is 23.6 Å². The van der Waals surface area contributed by atoms with Crippen LogP contribution < -0.4 is 4.72 Å². The van der Waals surface area contributed by atoms with Crippen LogP contribution in [0.3, 0.4) is 0 Å². The van der Waals surface area contributed by atoms with Crippen LogP contribution in [0.1, 0.15) is 39.3 Å². The number of nitrogens with one attached hydrogen (secondary N) is 2. The molecule has 6 heteroatoms. The second-order valence-electron chi connectivity index (χ2n) is 4.79. The maximum absolute atomic E-state index is 12.0. The van der Waals surface area contributed by atoms with Gasteiger partial charge in [0, 0.05) is 17.9 Å². The lowest BCUT2D eigenvalue weighted by Crippen LogP contribution is -2.33. The average Bonchev–Trinajstić information content (AvgIpc) is 2.77. The molecule has 5 nitrogen and oxygen atoms in total. The molecule has 0 radical (unpaired) electrons. The number of H-pyrrole nitrogens is 1. The highest BCUT2D eigenvalue weighted by Gasteiger charge is 2.19. The number of hydrogen-bond donors (Lipinski definition) is 3. The zero-order valence-corrected chi connectivity index (χ0v) is 11.9. The summed E-state index contributed by atoms with van der Waals surface area (Å²) < 4.78 is 26.7. The molecule has 1 heterocycles. The van der Waals surface area contributed by atoms with Crippen molar-refractivity contribution >= 4 is 10.0 Å². The van der Waals surface area contributed by atoms with E-state index >= 15 is 0 Å². The molecule has 1 rings (SSSR count). The zero-order chi connectivity index (χ0) is 13.8. The monoisotopic (exact) mass is 274 g/mol. The molecule has 0 aliphatic carbocycles. The van der Waals surface area contributed by atoms with Crippen LogP contribution in [-0.4, -0.2) is 24.6 Å². The Labute approximate surface area is 109 Å². The first-order valence-electron chi connectivity index (χ1n) is 6.19. The van der Waals surface area contributed by atoms with Crippen molar-refractivity contribution in [2.75, 3.05) is 0 Å². The fourth-order valence-electron chi connectivity index (χ4n) is 1.82. The normalized spacial score (nSPS) is 15.6. The van der Waals surface area contributed by atoms with Crippen LogP contribution >= 0.6 is 0 Å². The summed E-state index contributed by atoms with van der Waals surface area (Å²) in [6.45, 7) is 5.86. The van der Waals surface area contributed by atoms with Crippen LogP contribution in [-0.2, 0) is 16.6 Å². The molecule has 18 heavy (non-hydrogen) atoms. The van der Waals surface area contributed by atoms with Crippen molar-refractivity contribution in [1.82, 2.24) is 9.71 Å². The lowest BCUT2D eigenvalue weighted by molar-refractivity contribution is 0.277. The quantitative estimate of drug-likeness (QED) is 0.706. The lowest BCUT2D eigenvalue weighted by atomic mass is 10.0. The van der Waals surface area contributed by atoms with Crippen LogP contribution in [0.15, 0.2) is 17.2 Å². The molecule has 1 aromatic heterocycles. The lowest BCUT2D eigenvalue weighted by Gasteiger charge is -2.17. The van der Waals surface area contributed by atoms with Crippen LogP contribution in [0.2, 0.25) is 0 Å². The second-order valence-corrected chi connectivity index (χ2v) is 6.50. The van der Waals surface area contributed by atoms with E-state index in [9.17, 15) is 8.42 Å². The van der Waals surface area contributed by atoms with Crippen LogP contribution in [0.4, 0.5) is 0 Å². The number of sulfonamides is 1. The summed E-state index contributed by atoms with van der Waals surface area (Å²) in [5.41, 5.74) is 0.491. The number of aromatic amines is 1. The van der Waals surface area contributed by atoms with E-state index in [1.54, 1.807) is 0 Å². The Bertz CT molecular complexity index is 467. The minimum Gasteiger partial charge on any atom is -0.390 e. The SMILES string of the molecule is CCC(C)CC(C)NS(=O)(=O)c1c[nH]c(CO)c1. The maximum atomic E-state index is 12.0. The van der Waals surface area contributed by atoms with Gasteiger partial charge < -0.3 is 10.1 Å². The van der Waals surface area contributed by atoms with Crippen LogP contribution in [0.5, 0.6) is 0 Å². The number of aromatic nitrogens is 1. The van der Waals surface area contributed by atoms with Gasteiger partial charge in [0.15, 0.2) is 0 Å². The summed E-state index contributed by atoms with van der Waals surface area (Å²) in [4.78, 5) is 2.89. The number of aliphatic hydroxyl groups is 1. The van der Waals surface area contributed by atoms with Crippen molar-refractivity contribution < 1.29 is 13.5 Å². The zero-order valence-electron chi connectivity index (χ0n) is 11.1. The van der Waals surface area contributed by atoms with Gasteiger partial charge in [0.05, 0.1) is 11.5 Å². The third kappa shape index (κ3) is 4.12. The Morgan fingerprint density at radius 2 is 2.11 bits per heavy atom. The van der Waals surface area contributed by atoms with Crippen LogP contribution in [0, 0.1) is 5.92 Å². The van der Waals surface area contributed by atoms with Gasteiger partial charge in [0.1, 0.15) is 0 Å². The van der Waals surface area contributed by atoms with Gasteiger partial charge in [-0.05, 0) is 25.3 Å². The first-order valence-corrected chi connectivity index (χ1v) is 7.67. The minimum atomic E-state index is -3.49. The fraction of sp³-hybridized carbons (Fsp3) is 0.667. The van der Waals surface area contributed by atoms with Gasteiger partial charge in [-0.25, -0.2) is 13.1 Å². The van der Waals surface area contributed by atoms with Crippen molar-refractivity contribution in [2.45, 2.75) is 51.2 Å². The van der Waals surface area contributed by atoms with E-state index in [0.29, 0.717) is 11.6 Å². The maximum Gasteiger partial charge on any atom is 0.242 e. The van der Waals surface area contributed by atoms with Gasteiger partial charge in [-0.2, -0.15) is 0 Å². The van der Waals surface area contributed by atoms with E-state index in [1.807, 2.05) is 6.92 Å². The minimum absolute atomic E-state index is 0.0996. The number of hydrogen-bond acceptors (Lipinski definition) is 3. The highest BCUT2D eigenvalue weighted by atomic mass is 32.2. The first-order chi connectivity index (χ1) is 8.39. The topological polar surface area (TPSA) is 82.2 Å². The molecule has 0 spiro atoms. The summed E-state index contributed by atoms with van der Waals surface area (Å²) in [5, 5.41) is 8.90. The van der Waals surface area contributed by atoms with Gasteiger partial charge in [0.25, 0.3) is 0 Å². The van der Waals surface area contributed by atoms with Crippen molar-refractivity contribution in [3.8, 4) is 0 Å². The Kier molecular flexibility index (Phi) is 5.37. The molecule has 104 valence electrons. The van der Waals surface area contributed by atoms with Crippen LogP contribution in [0.25, 0.3) is 0 Å². The smallest absolute Gasteiger partial charge is 0.242 e. The Balaban J connectivity index is 2.69. The summed E-state index contributed by atoms with van der Waals surface area (Å²) >= 11 is 0. The predicted molar refractivity (Wildman–Crippen MR) is 70.6 cm³/mol. The van der Waals surface area contributed by atoms with Crippen molar-refractivity contribution in [2.24, 2.45) is 5.92 Å². The van der Waals surface area contributed by atoms with E-state index in [-0.39, 0.29) is 17.5 Å². The summed E-state index contributed by atoms with van der Waals surface area (Å²) in [6.07, 6.45) is 3.24. The van der Waals surface area contributed by atoms with Gasteiger partial charge in [0.2, 0.25) is 10.0 Å². The highest BCUT2D eigenvalue weighted by Crippen LogP contribution is 2.14. The molecule has 0 aliphatic rings. The molecule has 0 amide bonds. The highest BCUT2D eigenvalue weighted by molar-refractivity contribution is 7.89. The van der Waals surface area contributed by atoms with Crippen molar-refractivity contribution in [1.29, 1.82) is 0 Å². The molecule has 0 saturated carbocycles. The van der Waals surface area contributed by atoms with Crippen molar-refractivity contribution in [3.63, 3.8) is 0 Å². The molecular formula is C12H22N2O3S. The molecular weight excluding hydrogens is 252 g/mol. The molecule has 0 aromatic carbocycles. The van der Waals surface area contributed by atoms with Gasteiger partial charge in [-0.1, -0.05) is 20.3 Å². The Morgan fingerprint density at radius 1 is 1.44 bits per heavy atom. The van der Waals surface area contributed by atoms with E-state index in [4.69, 9.17) is 5.11 Å². The number of rotatable bonds is 7. The molecule has 0 saturated heterocycles. The largest absolute Gasteiger partial charge is 0.390 e. The van der Waals surface area contributed by atoms with E-state index < -0.39 is 10.0 Å². The molecule has 0 aliphatic heterocycles. The third-order valence-corrected chi connectivity index (χ3v) is 4.58. The molecule has 2 unspecified atom stereocenters. The Morgan fingerprint density at radius 3 is 2.61 bits per heavy atom. The first kappa shape index (κ1) is 15.2. The summed E-state index contributed by atoms with van der Waals surface area (Å²) in [5.74, 6) is 0.488. The predicted octanol–water partition coefficient (Wildman–Crippen LogP) is 1.61. The fourth-order valence-corrected chi connectivity index (χ4v) is 3.09. The molecule has 3 N–H and O–H groups in total. The van der Waals surface area contributed by atoms with Gasteiger partial charge in [-0.3, -0.25) is 0 Å². The molecule has 0 fully saturated rings. The van der Waals surface area contributed by atoms with Crippen molar-refractivity contribution in [3.05, 3.63) is 18.0 Å². The average molecular weight is 274 g/mol. The number of aliphatic hydroxyl groups excluding tert-OH is 1. The van der Waals surface area contributed by atoms with E-state index in [1.165, 1.54) is 12.3 Å². The molecule has 2 atom stereocenters.